The lowest BCUT2D eigenvalue weighted by molar-refractivity contribution is -0.122. The molecule has 0 radical (unpaired) electrons. The van der Waals surface area contributed by atoms with Gasteiger partial charge in [0, 0.05) is 25.6 Å². The minimum Gasteiger partial charge on any atom is -0.355 e. The minimum absolute atomic E-state index is 0.0316. The van der Waals surface area contributed by atoms with Gasteiger partial charge in [0.15, 0.2) is 0 Å². The van der Waals surface area contributed by atoms with Crippen molar-refractivity contribution in [3.05, 3.63) is 81.0 Å². The fourth-order valence-corrected chi connectivity index (χ4v) is 5.19. The number of unbranched alkanes of at least 4 members (excludes halogenated alkanes) is 1. The van der Waals surface area contributed by atoms with Gasteiger partial charge < -0.3 is 10.6 Å². The number of rotatable bonds is 12. The zero-order valence-electron chi connectivity index (χ0n) is 22.0. The Morgan fingerprint density at radius 3 is 2.34 bits per heavy atom. The Labute approximate surface area is 223 Å². The Bertz CT molecular complexity index is 1340. The lowest BCUT2D eigenvalue weighted by Gasteiger charge is -2.22. The van der Waals surface area contributed by atoms with Crippen LogP contribution in [-0.4, -0.2) is 33.5 Å². The molecule has 38 heavy (non-hydrogen) atoms. The van der Waals surface area contributed by atoms with E-state index in [2.05, 4.69) is 22.8 Å². The number of nitrogens with one attached hydrogen (secondary N) is 2. The van der Waals surface area contributed by atoms with Gasteiger partial charge in [-0.2, -0.15) is 0 Å². The van der Waals surface area contributed by atoms with Gasteiger partial charge in [0.1, 0.15) is 6.54 Å². The van der Waals surface area contributed by atoms with E-state index >= 15 is 0 Å². The first-order chi connectivity index (χ1) is 18.5. The van der Waals surface area contributed by atoms with Crippen LogP contribution in [0.25, 0.3) is 10.9 Å². The van der Waals surface area contributed by atoms with Crippen molar-refractivity contribution in [3.8, 4) is 0 Å². The van der Waals surface area contributed by atoms with E-state index in [0.29, 0.717) is 36.7 Å². The third kappa shape index (κ3) is 7.43. The SMILES string of the molecule is O=C(Cn1c(=O)n(CCCCC(=O)NC2CCCCC2)c(=O)c2ccccc21)NCCCc1ccccc1. The number of hydrogen-bond donors (Lipinski definition) is 2. The first kappa shape index (κ1) is 27.4. The van der Waals surface area contributed by atoms with Crippen molar-refractivity contribution in [1.29, 1.82) is 0 Å². The molecular formula is C30H38N4O4. The maximum Gasteiger partial charge on any atom is 0.331 e. The summed E-state index contributed by atoms with van der Waals surface area (Å²) in [5, 5.41) is 6.40. The summed E-state index contributed by atoms with van der Waals surface area (Å²) in [5.74, 6) is -0.237. The maximum absolute atomic E-state index is 13.3. The van der Waals surface area contributed by atoms with Crippen molar-refractivity contribution in [2.75, 3.05) is 6.54 Å². The molecule has 1 aliphatic rings. The highest BCUT2D eigenvalue weighted by Gasteiger charge is 2.17. The smallest absolute Gasteiger partial charge is 0.331 e. The van der Waals surface area contributed by atoms with Crippen LogP contribution >= 0.6 is 0 Å². The van der Waals surface area contributed by atoms with Crippen LogP contribution in [0.2, 0.25) is 0 Å². The first-order valence-electron chi connectivity index (χ1n) is 13.9. The molecule has 8 nitrogen and oxygen atoms in total. The number of hydrogen-bond acceptors (Lipinski definition) is 4. The molecule has 202 valence electrons. The Kier molecular flexibility index (Phi) is 9.90. The predicted molar refractivity (Wildman–Crippen MR) is 149 cm³/mol. The van der Waals surface area contributed by atoms with E-state index in [4.69, 9.17) is 0 Å². The Morgan fingerprint density at radius 1 is 0.816 bits per heavy atom. The normalized spacial score (nSPS) is 13.9. The average Bonchev–Trinajstić information content (AvgIpc) is 2.94. The fourth-order valence-electron chi connectivity index (χ4n) is 5.19. The molecule has 4 rings (SSSR count). The fraction of sp³-hybridized carbons (Fsp3) is 0.467. The van der Waals surface area contributed by atoms with Gasteiger partial charge in [-0.3, -0.25) is 23.5 Å². The summed E-state index contributed by atoms with van der Waals surface area (Å²) in [6.07, 6.45) is 8.76. The minimum atomic E-state index is -0.500. The highest BCUT2D eigenvalue weighted by Crippen LogP contribution is 2.17. The van der Waals surface area contributed by atoms with E-state index in [9.17, 15) is 19.2 Å². The quantitative estimate of drug-likeness (QED) is 0.358. The van der Waals surface area contributed by atoms with Gasteiger partial charge in [0.2, 0.25) is 11.8 Å². The van der Waals surface area contributed by atoms with E-state index in [0.717, 1.165) is 38.5 Å². The second kappa shape index (κ2) is 13.7. The molecule has 1 saturated carbocycles. The molecule has 2 aromatic carbocycles. The van der Waals surface area contributed by atoms with Crippen LogP contribution in [0.5, 0.6) is 0 Å². The number of nitrogens with zero attached hydrogens (tertiary/aromatic N) is 2. The molecule has 1 heterocycles. The van der Waals surface area contributed by atoms with Crippen LogP contribution in [-0.2, 0) is 29.1 Å². The maximum atomic E-state index is 13.3. The number of carbonyl (C=O) groups excluding carboxylic acids is 2. The highest BCUT2D eigenvalue weighted by atomic mass is 16.2. The van der Waals surface area contributed by atoms with Crippen molar-refractivity contribution in [3.63, 3.8) is 0 Å². The first-order valence-corrected chi connectivity index (χ1v) is 13.9. The summed E-state index contributed by atoms with van der Waals surface area (Å²) < 4.78 is 2.57. The van der Waals surface area contributed by atoms with Gasteiger partial charge in [-0.15, -0.1) is 0 Å². The number of benzene rings is 2. The molecule has 0 saturated heterocycles. The number of fused-ring (bicyclic) bond motifs is 1. The topological polar surface area (TPSA) is 102 Å². The molecule has 2 N–H and O–H groups in total. The van der Waals surface area contributed by atoms with E-state index in [1.54, 1.807) is 24.3 Å². The molecule has 1 fully saturated rings. The molecule has 8 heteroatoms. The second-order valence-corrected chi connectivity index (χ2v) is 10.1. The molecule has 0 atom stereocenters. The second-order valence-electron chi connectivity index (χ2n) is 10.1. The number of carbonyl (C=O) groups is 2. The Balaban J connectivity index is 1.35. The molecule has 0 bridgehead atoms. The lowest BCUT2D eigenvalue weighted by atomic mass is 9.95. The van der Waals surface area contributed by atoms with Crippen molar-refractivity contribution in [2.24, 2.45) is 0 Å². The third-order valence-corrected chi connectivity index (χ3v) is 7.25. The summed E-state index contributed by atoms with van der Waals surface area (Å²) in [4.78, 5) is 51.4. The van der Waals surface area contributed by atoms with Gasteiger partial charge in [-0.1, -0.05) is 61.7 Å². The molecular weight excluding hydrogens is 480 g/mol. The summed E-state index contributed by atoms with van der Waals surface area (Å²) in [6.45, 7) is 0.551. The van der Waals surface area contributed by atoms with Gasteiger partial charge in [0.05, 0.1) is 10.9 Å². The number of para-hydroxylation sites is 1. The average molecular weight is 519 g/mol. The van der Waals surface area contributed by atoms with E-state index in [1.807, 2.05) is 18.2 Å². The molecule has 0 spiro atoms. The van der Waals surface area contributed by atoms with E-state index < -0.39 is 5.69 Å². The Hall–Kier alpha value is -3.68. The van der Waals surface area contributed by atoms with E-state index in [-0.39, 0.29) is 36.5 Å². The Morgan fingerprint density at radius 2 is 1.55 bits per heavy atom. The third-order valence-electron chi connectivity index (χ3n) is 7.25. The van der Waals surface area contributed by atoms with Crippen molar-refractivity contribution in [1.82, 2.24) is 19.8 Å². The van der Waals surface area contributed by atoms with Gasteiger partial charge in [-0.25, -0.2) is 4.79 Å². The van der Waals surface area contributed by atoms with Crippen molar-refractivity contribution >= 4 is 22.7 Å². The number of amides is 2. The standard InChI is InChI=1S/C30H38N4O4/c35-27(32-24-15-5-2-6-16-24)19-9-10-21-33-29(37)25-17-7-8-18-26(25)34(30(33)38)22-28(36)31-20-11-14-23-12-3-1-4-13-23/h1,3-4,7-8,12-13,17-18,24H,2,5-6,9-11,14-16,19-22H2,(H,31,36)(H,32,35). The van der Waals surface area contributed by atoms with Gasteiger partial charge in [0.25, 0.3) is 5.56 Å². The van der Waals surface area contributed by atoms with Crippen LogP contribution in [0.15, 0.2) is 64.2 Å². The summed E-state index contributed by atoms with van der Waals surface area (Å²) >= 11 is 0. The summed E-state index contributed by atoms with van der Waals surface area (Å²) in [7, 11) is 0. The molecule has 3 aromatic rings. The van der Waals surface area contributed by atoms with Crippen LogP contribution in [0.3, 0.4) is 0 Å². The van der Waals surface area contributed by atoms with Gasteiger partial charge in [-0.05, 0) is 56.2 Å². The lowest BCUT2D eigenvalue weighted by Crippen LogP contribution is -2.42. The highest BCUT2D eigenvalue weighted by molar-refractivity contribution is 5.81. The summed E-state index contributed by atoms with van der Waals surface area (Å²) in [6, 6.07) is 17.2. The van der Waals surface area contributed by atoms with Crippen LogP contribution in [0.4, 0.5) is 0 Å². The van der Waals surface area contributed by atoms with Crippen LogP contribution in [0.1, 0.15) is 63.4 Å². The molecule has 0 unspecified atom stereocenters. The summed E-state index contributed by atoms with van der Waals surface area (Å²) in [5.41, 5.74) is 0.795. The number of aryl methyl sites for hydroxylation is 1. The molecule has 1 aromatic heterocycles. The number of aromatic nitrogens is 2. The van der Waals surface area contributed by atoms with Crippen LogP contribution in [0, 0.1) is 0 Å². The van der Waals surface area contributed by atoms with Gasteiger partial charge >= 0.3 is 5.69 Å². The molecule has 0 aliphatic heterocycles. The van der Waals surface area contributed by atoms with Crippen molar-refractivity contribution < 1.29 is 9.59 Å². The largest absolute Gasteiger partial charge is 0.355 e. The van der Waals surface area contributed by atoms with E-state index in [1.165, 1.54) is 21.1 Å². The zero-order valence-corrected chi connectivity index (χ0v) is 22.0. The zero-order chi connectivity index (χ0) is 26.7. The monoisotopic (exact) mass is 518 g/mol. The van der Waals surface area contributed by atoms with Crippen molar-refractivity contribution in [2.45, 2.75) is 83.3 Å². The molecule has 1 aliphatic carbocycles. The molecule has 2 amide bonds. The van der Waals surface area contributed by atoms with Crippen LogP contribution < -0.4 is 21.9 Å². The predicted octanol–water partition coefficient (Wildman–Crippen LogP) is 3.53.